The first kappa shape index (κ1) is 8.26. The van der Waals surface area contributed by atoms with Crippen LogP contribution in [0.5, 0.6) is 0 Å². The summed E-state index contributed by atoms with van der Waals surface area (Å²) in [5.41, 5.74) is 0. The van der Waals surface area contributed by atoms with Crippen molar-refractivity contribution in [2.75, 3.05) is 0 Å². The van der Waals surface area contributed by atoms with Gasteiger partial charge in [-0.15, -0.1) is 0 Å². The third kappa shape index (κ3) is 1.60. The second-order valence-corrected chi connectivity index (χ2v) is 3.51. The van der Waals surface area contributed by atoms with Gasteiger partial charge in [-0.05, 0) is 21.1 Å². The summed E-state index contributed by atoms with van der Waals surface area (Å²) in [4.78, 5) is 0.0723. The number of hydrogen-bond donors (Lipinski definition) is 0. The van der Waals surface area contributed by atoms with Crippen molar-refractivity contribution in [2.24, 2.45) is 0 Å². The highest BCUT2D eigenvalue weighted by Crippen LogP contribution is 2.29. The van der Waals surface area contributed by atoms with Crippen molar-refractivity contribution in [3.8, 4) is 0 Å². The van der Waals surface area contributed by atoms with Gasteiger partial charge in [0.05, 0.1) is 4.90 Å². The van der Waals surface area contributed by atoms with E-state index in [2.05, 4.69) is 0 Å². The summed E-state index contributed by atoms with van der Waals surface area (Å²) in [6.07, 6.45) is 0. The lowest BCUT2D eigenvalue weighted by atomic mass is 10.3. The van der Waals surface area contributed by atoms with Crippen molar-refractivity contribution >= 4 is 30.1 Å². The first-order valence-electron chi connectivity index (χ1n) is 2.48. The van der Waals surface area contributed by atoms with Gasteiger partial charge in [0.2, 0.25) is 0 Å². The lowest BCUT2D eigenvalue weighted by Gasteiger charge is -1.96. The fraction of sp³-hybridized carbons (Fsp3) is 0. The molecule has 1 aromatic carbocycles. The summed E-state index contributed by atoms with van der Waals surface area (Å²) in [6, 6.07) is 3.83. The van der Waals surface area contributed by atoms with Crippen LogP contribution in [0.1, 0.15) is 0 Å². The molecule has 0 bridgehead atoms. The normalized spacial score (nSPS) is 9.90. The van der Waals surface area contributed by atoms with Crippen LogP contribution < -0.4 is 0 Å². The van der Waals surface area contributed by atoms with Gasteiger partial charge in [-0.3, -0.25) is 0 Å². The van der Waals surface area contributed by atoms with Crippen LogP contribution in [0.25, 0.3) is 0 Å². The van der Waals surface area contributed by atoms with Gasteiger partial charge < -0.3 is 0 Å². The van der Waals surface area contributed by atoms with Crippen LogP contribution in [0.15, 0.2) is 23.1 Å². The average molecular weight is 272 g/mol. The number of benzene rings is 1. The number of rotatable bonds is 1. The number of hydrogen-bond acceptors (Lipinski definition) is 1. The topological polar surface area (TPSA) is 0 Å². The summed E-state index contributed by atoms with van der Waals surface area (Å²) >= 11 is 1.84. The van der Waals surface area contributed by atoms with Crippen molar-refractivity contribution in [2.45, 2.75) is 4.90 Å². The Morgan fingerprint density at radius 3 is 2.00 bits per heavy atom. The van der Waals surface area contributed by atoms with E-state index in [-0.39, 0.29) is 4.90 Å². The van der Waals surface area contributed by atoms with Crippen molar-refractivity contribution in [3.05, 3.63) is 29.8 Å². The second-order valence-electron chi connectivity index (χ2n) is 1.63. The van der Waals surface area contributed by atoms with Crippen LogP contribution in [0.2, 0.25) is 0 Å². The van der Waals surface area contributed by atoms with Crippen molar-refractivity contribution in [3.63, 3.8) is 0 Å². The van der Waals surface area contributed by atoms with E-state index in [0.717, 1.165) is 8.93 Å². The highest BCUT2D eigenvalue weighted by atomic mass is 127. The largest absolute Gasteiger partial charge is 0.206 e. The molecule has 0 unspecified atom stereocenters. The van der Waals surface area contributed by atoms with Gasteiger partial charge in [-0.2, -0.15) is 0 Å². The minimum absolute atomic E-state index is 0.0723. The SMILES string of the molecule is Fc1cccc(F)c1SI. The zero-order chi connectivity index (χ0) is 7.56. The minimum Gasteiger partial charge on any atom is -0.206 e. The van der Waals surface area contributed by atoms with Gasteiger partial charge in [0, 0.05) is 21.2 Å². The van der Waals surface area contributed by atoms with Crippen LogP contribution in [0, 0.1) is 11.6 Å². The van der Waals surface area contributed by atoms with E-state index in [1.165, 1.54) is 18.2 Å². The Bertz CT molecular complexity index is 219. The molecular weight excluding hydrogens is 269 g/mol. The number of halogens is 3. The Morgan fingerprint density at radius 2 is 1.70 bits per heavy atom. The van der Waals surface area contributed by atoms with Gasteiger partial charge in [-0.1, -0.05) is 6.07 Å². The van der Waals surface area contributed by atoms with E-state index in [1.54, 1.807) is 0 Å². The smallest absolute Gasteiger partial charge is 0.140 e. The standard InChI is InChI=1S/C6H3F2IS/c7-4-2-1-3-5(8)6(4)10-9/h1-3H. The maximum atomic E-state index is 12.6. The molecule has 0 amide bonds. The molecule has 0 radical (unpaired) electrons. The molecule has 0 aliphatic heterocycles. The van der Waals surface area contributed by atoms with Crippen molar-refractivity contribution in [1.82, 2.24) is 0 Å². The third-order valence-electron chi connectivity index (χ3n) is 0.996. The van der Waals surface area contributed by atoms with E-state index < -0.39 is 11.6 Å². The Morgan fingerprint density at radius 1 is 1.20 bits per heavy atom. The predicted octanol–water partition coefficient (Wildman–Crippen LogP) is 3.41. The quantitative estimate of drug-likeness (QED) is 0.706. The molecule has 0 nitrogen and oxygen atoms in total. The summed E-state index contributed by atoms with van der Waals surface area (Å²) in [5, 5.41) is 0. The van der Waals surface area contributed by atoms with Crippen molar-refractivity contribution in [1.29, 1.82) is 0 Å². The lowest BCUT2D eigenvalue weighted by Crippen LogP contribution is -1.82. The maximum Gasteiger partial charge on any atom is 0.140 e. The molecule has 4 heteroatoms. The molecule has 0 aliphatic carbocycles. The zero-order valence-electron chi connectivity index (χ0n) is 4.77. The second kappa shape index (κ2) is 3.52. The van der Waals surface area contributed by atoms with E-state index in [1.807, 2.05) is 21.2 Å². The van der Waals surface area contributed by atoms with Crippen LogP contribution >= 0.6 is 30.1 Å². The first-order valence-corrected chi connectivity index (χ1v) is 5.84. The van der Waals surface area contributed by atoms with Gasteiger partial charge >= 0.3 is 0 Å². The molecule has 10 heavy (non-hydrogen) atoms. The fourth-order valence-corrected chi connectivity index (χ4v) is 2.10. The molecule has 0 aromatic heterocycles. The van der Waals surface area contributed by atoms with E-state index in [4.69, 9.17) is 0 Å². The van der Waals surface area contributed by atoms with E-state index in [9.17, 15) is 8.78 Å². The monoisotopic (exact) mass is 272 g/mol. The van der Waals surface area contributed by atoms with Gasteiger partial charge in [-0.25, -0.2) is 8.78 Å². The third-order valence-corrected chi connectivity index (χ3v) is 2.86. The Labute approximate surface area is 73.6 Å². The fourth-order valence-electron chi connectivity index (χ4n) is 0.556. The minimum atomic E-state index is -0.501. The molecule has 1 rings (SSSR count). The molecule has 0 saturated heterocycles. The lowest BCUT2D eigenvalue weighted by molar-refractivity contribution is 0.541. The summed E-state index contributed by atoms with van der Waals surface area (Å²) in [7, 11) is 1.04. The van der Waals surface area contributed by atoms with Gasteiger partial charge in [0.25, 0.3) is 0 Å². The van der Waals surface area contributed by atoms with Crippen LogP contribution in [-0.4, -0.2) is 0 Å². The van der Waals surface area contributed by atoms with Crippen molar-refractivity contribution < 1.29 is 8.78 Å². The molecular formula is C6H3F2IS. The Hall–Kier alpha value is 0.160. The van der Waals surface area contributed by atoms with E-state index >= 15 is 0 Å². The van der Waals surface area contributed by atoms with Gasteiger partial charge in [0.1, 0.15) is 11.6 Å². The predicted molar refractivity (Wildman–Crippen MR) is 46.2 cm³/mol. The summed E-state index contributed by atoms with van der Waals surface area (Å²) < 4.78 is 25.2. The molecule has 0 N–H and O–H groups in total. The van der Waals surface area contributed by atoms with Crippen LogP contribution in [0.4, 0.5) is 8.78 Å². The molecule has 0 heterocycles. The first-order chi connectivity index (χ1) is 4.75. The Kier molecular flexibility index (Phi) is 2.91. The van der Waals surface area contributed by atoms with Crippen LogP contribution in [0.3, 0.4) is 0 Å². The molecule has 0 spiro atoms. The van der Waals surface area contributed by atoms with Crippen LogP contribution in [-0.2, 0) is 0 Å². The highest BCUT2D eigenvalue weighted by molar-refractivity contribution is 14.2. The summed E-state index contributed by atoms with van der Waals surface area (Å²) in [5.74, 6) is -1.00. The zero-order valence-corrected chi connectivity index (χ0v) is 7.75. The van der Waals surface area contributed by atoms with E-state index in [0.29, 0.717) is 0 Å². The highest BCUT2D eigenvalue weighted by Gasteiger charge is 2.05. The molecule has 0 atom stereocenters. The average Bonchev–Trinajstić information content (AvgIpc) is 1.88. The molecule has 1 aromatic rings. The molecule has 54 valence electrons. The molecule has 0 saturated carbocycles. The molecule has 0 fully saturated rings. The summed E-state index contributed by atoms with van der Waals surface area (Å²) in [6.45, 7) is 0. The Balaban J connectivity index is 3.17. The molecule has 0 aliphatic rings. The maximum absolute atomic E-state index is 12.6. The van der Waals surface area contributed by atoms with Gasteiger partial charge in [0.15, 0.2) is 0 Å².